The van der Waals surface area contributed by atoms with Crippen LogP contribution in [0.25, 0.3) is 0 Å². The van der Waals surface area contributed by atoms with Gasteiger partial charge in [0.05, 0.1) is 11.4 Å². The molecule has 1 amide bonds. The number of rotatable bonds is 4. The van der Waals surface area contributed by atoms with Crippen molar-refractivity contribution in [2.45, 2.75) is 6.92 Å². The van der Waals surface area contributed by atoms with E-state index in [1.165, 1.54) is 0 Å². The van der Waals surface area contributed by atoms with Gasteiger partial charge in [-0.2, -0.15) is 0 Å². The van der Waals surface area contributed by atoms with Crippen molar-refractivity contribution in [3.63, 3.8) is 0 Å². The molecular weight excluding hydrogens is 188 g/mol. The van der Waals surface area contributed by atoms with E-state index in [1.54, 1.807) is 12.1 Å². The topological polar surface area (TPSA) is 41.1 Å². The monoisotopic (exact) mass is 198 g/mol. The Bertz CT molecular complexity index is 302. The van der Waals surface area contributed by atoms with Crippen LogP contribution in [0.15, 0.2) is 18.2 Å². The molecule has 0 saturated carbocycles. The van der Waals surface area contributed by atoms with Gasteiger partial charge >= 0.3 is 0 Å². The molecule has 13 heavy (non-hydrogen) atoms. The molecule has 0 unspecified atom stereocenters. The molecule has 1 rings (SSSR count). The largest absolute Gasteiger partial charge is 0.384 e. The maximum absolute atomic E-state index is 10.3. The summed E-state index contributed by atoms with van der Waals surface area (Å²) in [5.74, 6) is 0. The summed E-state index contributed by atoms with van der Waals surface area (Å²) >= 11 is 5.77. The number of halogens is 1. The van der Waals surface area contributed by atoms with Gasteiger partial charge in [0.2, 0.25) is 6.41 Å². The molecule has 0 bridgehead atoms. The fourth-order valence-electron chi connectivity index (χ4n) is 1.04. The summed E-state index contributed by atoms with van der Waals surface area (Å²) in [6.45, 7) is 2.79. The molecule has 0 aromatic heterocycles. The van der Waals surface area contributed by atoms with Crippen LogP contribution >= 0.6 is 11.6 Å². The maximum Gasteiger partial charge on any atom is 0.211 e. The van der Waals surface area contributed by atoms with Crippen LogP contribution in [0.1, 0.15) is 6.92 Å². The standard InChI is InChI=1S/C9H11ClN2O/c1-2-11-8-4-3-7(10)5-9(8)12-6-13/h3-6,11H,2H2,1H3,(H,12,13). The molecule has 0 aliphatic carbocycles. The molecule has 2 N–H and O–H groups in total. The van der Waals surface area contributed by atoms with Gasteiger partial charge in [0.25, 0.3) is 0 Å². The van der Waals surface area contributed by atoms with E-state index in [9.17, 15) is 4.79 Å². The Hall–Kier alpha value is -1.22. The van der Waals surface area contributed by atoms with E-state index in [-0.39, 0.29) is 0 Å². The zero-order valence-electron chi connectivity index (χ0n) is 7.30. The molecular formula is C9H11ClN2O. The van der Waals surface area contributed by atoms with Gasteiger partial charge in [0.1, 0.15) is 0 Å². The minimum absolute atomic E-state index is 0.603. The van der Waals surface area contributed by atoms with Crippen LogP contribution in [-0.2, 0) is 4.79 Å². The van der Waals surface area contributed by atoms with Crippen LogP contribution in [0.2, 0.25) is 5.02 Å². The predicted octanol–water partition coefficient (Wildman–Crippen LogP) is 2.34. The maximum atomic E-state index is 10.3. The van der Waals surface area contributed by atoms with Crippen molar-refractivity contribution < 1.29 is 4.79 Å². The van der Waals surface area contributed by atoms with Crippen molar-refractivity contribution in [2.24, 2.45) is 0 Å². The number of hydrogen-bond acceptors (Lipinski definition) is 2. The van der Waals surface area contributed by atoms with Crippen LogP contribution < -0.4 is 10.6 Å². The summed E-state index contributed by atoms with van der Waals surface area (Å²) in [7, 11) is 0. The first-order chi connectivity index (χ1) is 6.27. The molecule has 4 heteroatoms. The second-order valence-corrected chi connectivity index (χ2v) is 2.92. The summed E-state index contributed by atoms with van der Waals surface area (Å²) < 4.78 is 0. The predicted molar refractivity (Wildman–Crippen MR) is 55.3 cm³/mol. The van der Waals surface area contributed by atoms with Gasteiger partial charge < -0.3 is 10.6 Å². The third-order valence-corrected chi connectivity index (χ3v) is 1.80. The smallest absolute Gasteiger partial charge is 0.211 e. The summed E-state index contributed by atoms with van der Waals surface area (Å²) in [6.07, 6.45) is 0.631. The van der Waals surface area contributed by atoms with Crippen molar-refractivity contribution in [3.05, 3.63) is 23.2 Å². The first-order valence-corrected chi connectivity index (χ1v) is 4.39. The van der Waals surface area contributed by atoms with Crippen molar-refractivity contribution in [3.8, 4) is 0 Å². The SMILES string of the molecule is CCNc1ccc(Cl)cc1NC=O. The van der Waals surface area contributed by atoms with Crippen molar-refractivity contribution >= 4 is 29.4 Å². The highest BCUT2D eigenvalue weighted by atomic mass is 35.5. The Labute approximate surface area is 82.1 Å². The molecule has 0 atom stereocenters. The van der Waals surface area contributed by atoms with Gasteiger partial charge in [-0.05, 0) is 25.1 Å². The second kappa shape index (κ2) is 4.72. The van der Waals surface area contributed by atoms with E-state index >= 15 is 0 Å². The highest BCUT2D eigenvalue weighted by Crippen LogP contribution is 2.24. The van der Waals surface area contributed by atoms with E-state index in [0.29, 0.717) is 17.1 Å². The van der Waals surface area contributed by atoms with Crippen LogP contribution in [0, 0.1) is 0 Å². The molecule has 3 nitrogen and oxygen atoms in total. The zero-order chi connectivity index (χ0) is 9.68. The summed E-state index contributed by atoms with van der Waals surface area (Å²) in [5.41, 5.74) is 1.57. The van der Waals surface area contributed by atoms with Gasteiger partial charge in [0.15, 0.2) is 0 Å². The van der Waals surface area contributed by atoms with Crippen LogP contribution in [0.4, 0.5) is 11.4 Å². The normalized spacial score (nSPS) is 9.38. The van der Waals surface area contributed by atoms with E-state index in [0.717, 1.165) is 12.2 Å². The number of carbonyl (C=O) groups is 1. The van der Waals surface area contributed by atoms with Crippen LogP contribution in [0.3, 0.4) is 0 Å². The summed E-state index contributed by atoms with van der Waals surface area (Å²) in [6, 6.07) is 5.31. The van der Waals surface area contributed by atoms with Crippen LogP contribution in [0.5, 0.6) is 0 Å². The van der Waals surface area contributed by atoms with Gasteiger partial charge in [-0.3, -0.25) is 4.79 Å². The summed E-state index contributed by atoms with van der Waals surface area (Å²) in [5, 5.41) is 6.29. The Morgan fingerprint density at radius 2 is 2.23 bits per heavy atom. The number of nitrogens with one attached hydrogen (secondary N) is 2. The van der Waals surface area contributed by atoms with E-state index < -0.39 is 0 Å². The minimum Gasteiger partial charge on any atom is -0.384 e. The Morgan fingerprint density at radius 1 is 1.46 bits per heavy atom. The molecule has 1 aromatic rings. The van der Waals surface area contributed by atoms with Crippen LogP contribution in [-0.4, -0.2) is 13.0 Å². The number of anilines is 2. The van der Waals surface area contributed by atoms with Gasteiger partial charge in [0, 0.05) is 11.6 Å². The molecule has 0 saturated heterocycles. The first kappa shape index (κ1) is 9.86. The van der Waals surface area contributed by atoms with Crippen molar-refractivity contribution in [1.29, 1.82) is 0 Å². The average Bonchev–Trinajstić information content (AvgIpc) is 2.10. The van der Waals surface area contributed by atoms with E-state index in [1.807, 2.05) is 13.0 Å². The molecule has 0 radical (unpaired) electrons. The minimum atomic E-state index is 0.603. The van der Waals surface area contributed by atoms with E-state index in [2.05, 4.69) is 10.6 Å². The number of hydrogen-bond donors (Lipinski definition) is 2. The lowest BCUT2D eigenvalue weighted by atomic mass is 10.2. The van der Waals surface area contributed by atoms with Gasteiger partial charge in [-0.15, -0.1) is 0 Å². The fourth-order valence-corrected chi connectivity index (χ4v) is 1.22. The third kappa shape index (κ3) is 2.63. The second-order valence-electron chi connectivity index (χ2n) is 2.48. The molecule has 70 valence electrons. The Kier molecular flexibility index (Phi) is 3.58. The number of carbonyl (C=O) groups excluding carboxylic acids is 1. The quantitative estimate of drug-likeness (QED) is 0.730. The lowest BCUT2D eigenvalue weighted by molar-refractivity contribution is -0.105. The molecule has 0 aliphatic heterocycles. The Balaban J connectivity index is 2.95. The highest BCUT2D eigenvalue weighted by Gasteiger charge is 2.00. The lowest BCUT2D eigenvalue weighted by Gasteiger charge is -2.09. The average molecular weight is 199 g/mol. The Morgan fingerprint density at radius 3 is 2.85 bits per heavy atom. The van der Waals surface area contributed by atoms with Crippen molar-refractivity contribution in [2.75, 3.05) is 17.2 Å². The summed E-state index contributed by atoms with van der Waals surface area (Å²) in [4.78, 5) is 10.3. The number of amides is 1. The van der Waals surface area contributed by atoms with Gasteiger partial charge in [-0.25, -0.2) is 0 Å². The van der Waals surface area contributed by atoms with Crippen molar-refractivity contribution in [1.82, 2.24) is 0 Å². The number of benzene rings is 1. The van der Waals surface area contributed by atoms with E-state index in [4.69, 9.17) is 11.6 Å². The lowest BCUT2D eigenvalue weighted by Crippen LogP contribution is -2.02. The van der Waals surface area contributed by atoms with Gasteiger partial charge in [-0.1, -0.05) is 11.6 Å². The third-order valence-electron chi connectivity index (χ3n) is 1.56. The molecule has 0 heterocycles. The molecule has 1 aromatic carbocycles. The molecule has 0 fully saturated rings. The fraction of sp³-hybridized carbons (Fsp3) is 0.222. The first-order valence-electron chi connectivity index (χ1n) is 4.01. The highest BCUT2D eigenvalue weighted by molar-refractivity contribution is 6.31. The molecule has 0 aliphatic rings. The molecule has 0 spiro atoms. The zero-order valence-corrected chi connectivity index (χ0v) is 8.06.